The third kappa shape index (κ3) is 4.40. The maximum atomic E-state index is 11.3. The van der Waals surface area contributed by atoms with Gasteiger partial charge in [0, 0.05) is 18.1 Å². The predicted octanol–water partition coefficient (Wildman–Crippen LogP) is 1.32. The van der Waals surface area contributed by atoms with Gasteiger partial charge in [0.2, 0.25) is 5.91 Å². The van der Waals surface area contributed by atoms with Gasteiger partial charge in [-0.25, -0.2) is 4.98 Å². The van der Waals surface area contributed by atoms with Gasteiger partial charge in [-0.1, -0.05) is 6.92 Å². The van der Waals surface area contributed by atoms with E-state index in [1.807, 2.05) is 19.2 Å². The summed E-state index contributed by atoms with van der Waals surface area (Å²) in [4.78, 5) is 15.5. The second-order valence-corrected chi connectivity index (χ2v) is 4.25. The van der Waals surface area contributed by atoms with Gasteiger partial charge in [0.25, 0.3) is 0 Å². The lowest BCUT2D eigenvalue weighted by atomic mass is 10.3. The number of nitrogens with zero attached hydrogens (tertiary/aromatic N) is 1. The average Bonchev–Trinajstić information content (AvgIpc) is 2.76. The van der Waals surface area contributed by atoms with E-state index < -0.39 is 0 Å². The van der Waals surface area contributed by atoms with Crippen molar-refractivity contribution in [1.29, 1.82) is 0 Å². The van der Waals surface area contributed by atoms with Crippen LogP contribution >= 0.6 is 11.3 Å². The molecular weight excluding hydrogens is 210 g/mol. The van der Waals surface area contributed by atoms with Crippen LogP contribution in [0.15, 0.2) is 11.6 Å². The molecule has 84 valence electrons. The molecule has 1 heterocycles. The quantitative estimate of drug-likeness (QED) is 0.770. The first-order valence-electron chi connectivity index (χ1n) is 5.13. The highest BCUT2D eigenvalue weighted by Gasteiger charge is 2.08. The summed E-state index contributed by atoms with van der Waals surface area (Å²) in [5.74, 6) is 0.0419. The normalized spacial score (nSPS) is 12.4. The van der Waals surface area contributed by atoms with Crippen molar-refractivity contribution < 1.29 is 4.79 Å². The summed E-state index contributed by atoms with van der Waals surface area (Å²) in [6, 6.07) is 0.136. The highest BCUT2D eigenvalue weighted by atomic mass is 32.1. The molecule has 0 saturated carbocycles. The molecule has 1 aromatic heterocycles. The van der Waals surface area contributed by atoms with Crippen molar-refractivity contribution in [3.8, 4) is 0 Å². The fourth-order valence-corrected chi connectivity index (χ4v) is 1.78. The van der Waals surface area contributed by atoms with E-state index in [0.717, 1.165) is 18.0 Å². The van der Waals surface area contributed by atoms with Crippen LogP contribution < -0.4 is 10.6 Å². The van der Waals surface area contributed by atoms with Crippen molar-refractivity contribution in [3.63, 3.8) is 0 Å². The fourth-order valence-electron chi connectivity index (χ4n) is 1.11. The molecule has 2 N–H and O–H groups in total. The number of hydrogen-bond acceptors (Lipinski definition) is 4. The van der Waals surface area contributed by atoms with Crippen LogP contribution in [0.1, 0.15) is 31.3 Å². The van der Waals surface area contributed by atoms with Gasteiger partial charge in [-0.15, -0.1) is 11.3 Å². The summed E-state index contributed by atoms with van der Waals surface area (Å²) >= 11 is 1.60. The van der Waals surface area contributed by atoms with Crippen molar-refractivity contribution in [1.82, 2.24) is 15.6 Å². The molecule has 0 aromatic carbocycles. The first-order valence-corrected chi connectivity index (χ1v) is 6.01. The first-order chi connectivity index (χ1) is 7.24. The molecule has 0 radical (unpaired) electrons. The molecule has 15 heavy (non-hydrogen) atoms. The van der Waals surface area contributed by atoms with Gasteiger partial charge in [0.05, 0.1) is 12.6 Å². The lowest BCUT2D eigenvalue weighted by molar-refractivity contribution is -0.120. The van der Waals surface area contributed by atoms with Gasteiger partial charge < -0.3 is 5.32 Å². The molecule has 0 aliphatic carbocycles. The lowest BCUT2D eigenvalue weighted by Crippen LogP contribution is -2.35. The number of carbonyl (C=O) groups is 1. The smallest absolute Gasteiger partial charge is 0.233 e. The van der Waals surface area contributed by atoms with E-state index in [1.54, 1.807) is 17.5 Å². The molecule has 0 spiro atoms. The van der Waals surface area contributed by atoms with Gasteiger partial charge in [-0.05, 0) is 13.3 Å². The van der Waals surface area contributed by atoms with Crippen LogP contribution in [0.25, 0.3) is 0 Å². The SMILES string of the molecule is CCCNC(=O)CNC(C)c1nccs1. The van der Waals surface area contributed by atoms with Crippen LogP contribution in [0.2, 0.25) is 0 Å². The molecule has 0 aliphatic heterocycles. The molecular formula is C10H17N3OS. The standard InChI is InChI=1S/C10H17N3OS/c1-3-4-11-9(14)7-13-8(2)10-12-5-6-15-10/h5-6,8,13H,3-4,7H2,1-2H3,(H,11,14). The minimum Gasteiger partial charge on any atom is -0.355 e. The Hall–Kier alpha value is -0.940. The average molecular weight is 227 g/mol. The zero-order valence-electron chi connectivity index (χ0n) is 9.12. The zero-order chi connectivity index (χ0) is 11.1. The Labute approximate surface area is 94.1 Å². The van der Waals surface area contributed by atoms with Gasteiger partial charge in [-0.2, -0.15) is 0 Å². The number of aromatic nitrogens is 1. The van der Waals surface area contributed by atoms with E-state index in [1.165, 1.54) is 0 Å². The van der Waals surface area contributed by atoms with Crippen molar-refractivity contribution >= 4 is 17.2 Å². The van der Waals surface area contributed by atoms with E-state index >= 15 is 0 Å². The summed E-state index contributed by atoms with van der Waals surface area (Å²) in [6.07, 6.45) is 2.74. The maximum absolute atomic E-state index is 11.3. The molecule has 1 rings (SSSR count). The van der Waals surface area contributed by atoms with Crippen LogP contribution in [0, 0.1) is 0 Å². The third-order valence-electron chi connectivity index (χ3n) is 1.96. The Kier molecular flexibility index (Phi) is 5.28. The molecule has 1 unspecified atom stereocenters. The minimum atomic E-state index is 0.0419. The number of rotatable bonds is 6. The monoisotopic (exact) mass is 227 g/mol. The highest BCUT2D eigenvalue weighted by molar-refractivity contribution is 7.09. The van der Waals surface area contributed by atoms with Gasteiger partial charge in [0.1, 0.15) is 5.01 Å². The Balaban J connectivity index is 2.22. The number of nitrogens with one attached hydrogen (secondary N) is 2. The highest BCUT2D eigenvalue weighted by Crippen LogP contribution is 2.13. The first kappa shape index (κ1) is 12.1. The van der Waals surface area contributed by atoms with Gasteiger partial charge in [-0.3, -0.25) is 10.1 Å². The Morgan fingerprint density at radius 1 is 1.67 bits per heavy atom. The van der Waals surface area contributed by atoms with E-state index in [0.29, 0.717) is 6.54 Å². The minimum absolute atomic E-state index is 0.0419. The molecule has 0 aliphatic rings. The van der Waals surface area contributed by atoms with Crippen LogP contribution in [-0.4, -0.2) is 24.0 Å². The van der Waals surface area contributed by atoms with Crippen molar-refractivity contribution in [3.05, 3.63) is 16.6 Å². The molecule has 0 bridgehead atoms. The summed E-state index contributed by atoms with van der Waals surface area (Å²) < 4.78 is 0. The number of hydrogen-bond donors (Lipinski definition) is 2. The fraction of sp³-hybridized carbons (Fsp3) is 0.600. The van der Waals surface area contributed by atoms with Gasteiger partial charge >= 0.3 is 0 Å². The predicted molar refractivity (Wildman–Crippen MR) is 61.8 cm³/mol. The summed E-state index contributed by atoms with van der Waals surface area (Å²) in [5, 5.41) is 8.89. The van der Waals surface area contributed by atoms with Crippen LogP contribution in [-0.2, 0) is 4.79 Å². The van der Waals surface area contributed by atoms with Gasteiger partial charge in [0.15, 0.2) is 0 Å². The molecule has 0 fully saturated rings. The summed E-state index contributed by atoms with van der Waals surface area (Å²) in [6.45, 7) is 5.13. The summed E-state index contributed by atoms with van der Waals surface area (Å²) in [7, 11) is 0. The summed E-state index contributed by atoms with van der Waals surface area (Å²) in [5.41, 5.74) is 0. The molecule has 1 amide bonds. The van der Waals surface area contributed by atoms with Crippen LogP contribution in [0.3, 0.4) is 0 Å². The Morgan fingerprint density at radius 3 is 3.07 bits per heavy atom. The topological polar surface area (TPSA) is 54.0 Å². The lowest BCUT2D eigenvalue weighted by Gasteiger charge is -2.10. The van der Waals surface area contributed by atoms with E-state index in [-0.39, 0.29) is 11.9 Å². The Morgan fingerprint density at radius 2 is 2.47 bits per heavy atom. The maximum Gasteiger partial charge on any atom is 0.233 e. The largest absolute Gasteiger partial charge is 0.355 e. The molecule has 5 heteroatoms. The number of carbonyl (C=O) groups excluding carboxylic acids is 1. The van der Waals surface area contributed by atoms with Crippen molar-refractivity contribution in [2.75, 3.05) is 13.1 Å². The second kappa shape index (κ2) is 6.53. The molecule has 1 atom stereocenters. The third-order valence-corrected chi connectivity index (χ3v) is 2.92. The van der Waals surface area contributed by atoms with Crippen molar-refractivity contribution in [2.24, 2.45) is 0 Å². The molecule has 4 nitrogen and oxygen atoms in total. The molecule has 0 saturated heterocycles. The van der Waals surface area contributed by atoms with E-state index in [2.05, 4.69) is 15.6 Å². The number of thiazole rings is 1. The van der Waals surface area contributed by atoms with Crippen LogP contribution in [0.4, 0.5) is 0 Å². The zero-order valence-corrected chi connectivity index (χ0v) is 9.93. The van der Waals surface area contributed by atoms with E-state index in [9.17, 15) is 4.79 Å². The Bertz CT molecular complexity index is 287. The van der Waals surface area contributed by atoms with Crippen LogP contribution in [0.5, 0.6) is 0 Å². The van der Waals surface area contributed by atoms with E-state index in [4.69, 9.17) is 0 Å². The second-order valence-electron chi connectivity index (χ2n) is 3.32. The molecule has 1 aromatic rings. The van der Waals surface area contributed by atoms with Crippen molar-refractivity contribution in [2.45, 2.75) is 26.3 Å². The number of amides is 1.